The lowest BCUT2D eigenvalue weighted by Crippen LogP contribution is -1.88. The first-order valence-electron chi connectivity index (χ1n) is 5.81. The monoisotopic (exact) mass is 385 g/mol. The van der Waals surface area contributed by atoms with Gasteiger partial charge in [-0.15, -0.1) is 0 Å². The minimum Gasteiger partial charge on any atom is -0.258 e. The maximum atomic E-state index is 10.6. The predicted octanol–water partition coefficient (Wildman–Crippen LogP) is 4.91. The Balaban J connectivity index is 2.23. The molecule has 0 bridgehead atoms. The van der Waals surface area contributed by atoms with E-state index >= 15 is 0 Å². The number of rotatable bonds is 4. The van der Waals surface area contributed by atoms with E-state index in [2.05, 4.69) is 47.7 Å². The molecule has 0 aliphatic heterocycles. The molecule has 0 radical (unpaired) electrons. The number of halogens is 1. The molecule has 2 rings (SSSR count). The zero-order chi connectivity index (χ0) is 13.8. The van der Waals surface area contributed by atoms with Gasteiger partial charge in [0.05, 0.1) is 4.92 Å². The Morgan fingerprint density at radius 2 is 1.89 bits per heavy atom. The summed E-state index contributed by atoms with van der Waals surface area (Å²) in [6, 6.07) is 13.0. The lowest BCUT2D eigenvalue weighted by Gasteiger charge is -2.08. The molecule has 0 atom stereocenters. The van der Waals surface area contributed by atoms with E-state index in [1.807, 2.05) is 0 Å². The van der Waals surface area contributed by atoms with Crippen LogP contribution in [-0.4, -0.2) is 4.92 Å². The Labute approximate surface area is 129 Å². The number of nitro benzene ring substituents is 1. The van der Waals surface area contributed by atoms with E-state index in [0.717, 1.165) is 11.3 Å². The highest BCUT2D eigenvalue weighted by Crippen LogP contribution is 2.32. The van der Waals surface area contributed by atoms with Crippen LogP contribution in [0.4, 0.5) is 5.69 Å². The van der Waals surface area contributed by atoms with E-state index in [9.17, 15) is 10.1 Å². The highest BCUT2D eigenvalue weighted by Gasteiger charge is 2.07. The first kappa shape index (κ1) is 14.3. The predicted molar refractivity (Wildman–Crippen MR) is 85.8 cm³/mol. The van der Waals surface area contributed by atoms with Gasteiger partial charge in [-0.2, -0.15) is 0 Å². The van der Waals surface area contributed by atoms with Crippen molar-refractivity contribution in [3.05, 3.63) is 61.7 Å². The molecule has 0 heterocycles. The lowest BCUT2D eigenvalue weighted by molar-refractivity contribution is -0.384. The second-order valence-corrected chi connectivity index (χ2v) is 6.32. The van der Waals surface area contributed by atoms with E-state index < -0.39 is 0 Å². The molecule has 0 spiro atoms. The number of benzene rings is 2. The van der Waals surface area contributed by atoms with Gasteiger partial charge in [-0.05, 0) is 64.9 Å². The van der Waals surface area contributed by atoms with Gasteiger partial charge in [0.25, 0.3) is 5.69 Å². The molecule has 0 amide bonds. The van der Waals surface area contributed by atoms with Crippen LogP contribution < -0.4 is 0 Å². The van der Waals surface area contributed by atoms with Gasteiger partial charge in [0.15, 0.2) is 0 Å². The van der Waals surface area contributed by atoms with Crippen molar-refractivity contribution in [2.45, 2.75) is 23.1 Å². The van der Waals surface area contributed by atoms with E-state index in [-0.39, 0.29) is 10.6 Å². The first-order chi connectivity index (χ1) is 9.10. The smallest absolute Gasteiger partial charge is 0.258 e. The van der Waals surface area contributed by atoms with Crippen molar-refractivity contribution in [1.82, 2.24) is 0 Å². The van der Waals surface area contributed by atoms with Crippen molar-refractivity contribution < 1.29 is 4.92 Å². The number of nitrogens with zero attached hydrogens (tertiary/aromatic N) is 1. The van der Waals surface area contributed by atoms with Crippen molar-refractivity contribution >= 4 is 40.0 Å². The average Bonchev–Trinajstić information content (AvgIpc) is 2.41. The zero-order valence-electron chi connectivity index (χ0n) is 10.3. The number of nitro groups is 1. The van der Waals surface area contributed by atoms with E-state index in [1.165, 1.54) is 14.0 Å². The third-order valence-electron chi connectivity index (χ3n) is 2.68. The molecule has 3 nitrogen and oxygen atoms in total. The van der Waals surface area contributed by atoms with Crippen molar-refractivity contribution in [2.75, 3.05) is 0 Å². The molecule has 98 valence electrons. The second kappa shape index (κ2) is 6.38. The second-order valence-electron chi connectivity index (χ2n) is 3.96. The molecule has 5 heteroatoms. The van der Waals surface area contributed by atoms with Gasteiger partial charge in [0.2, 0.25) is 0 Å². The Morgan fingerprint density at radius 3 is 2.47 bits per heavy atom. The van der Waals surface area contributed by atoms with E-state index in [4.69, 9.17) is 0 Å². The lowest BCUT2D eigenvalue weighted by atomic mass is 10.2. The van der Waals surface area contributed by atoms with Gasteiger partial charge in [-0.3, -0.25) is 10.1 Å². The molecular formula is C14H12INO2S. The number of hydrogen-bond acceptors (Lipinski definition) is 3. The summed E-state index contributed by atoms with van der Waals surface area (Å²) in [7, 11) is 0. The summed E-state index contributed by atoms with van der Waals surface area (Å²) in [5, 5.41) is 10.6. The highest BCUT2D eigenvalue weighted by atomic mass is 127. The quantitative estimate of drug-likeness (QED) is 0.427. The fraction of sp³-hybridized carbons (Fsp3) is 0.143. The average molecular weight is 385 g/mol. The summed E-state index contributed by atoms with van der Waals surface area (Å²) in [6.45, 7) is 2.13. The van der Waals surface area contributed by atoms with Crippen LogP contribution in [0.2, 0.25) is 0 Å². The maximum absolute atomic E-state index is 10.6. The minimum atomic E-state index is -0.378. The fourth-order valence-electron chi connectivity index (χ4n) is 1.69. The highest BCUT2D eigenvalue weighted by molar-refractivity contribution is 14.1. The number of aryl methyl sites for hydroxylation is 1. The summed E-state index contributed by atoms with van der Waals surface area (Å²) in [5.74, 6) is 0. The summed E-state index contributed by atoms with van der Waals surface area (Å²) in [4.78, 5) is 12.4. The third-order valence-corrected chi connectivity index (χ3v) is 4.48. The molecule has 0 saturated heterocycles. The molecule has 2 aromatic rings. The number of non-ortho nitro benzene ring substituents is 1. The van der Waals surface area contributed by atoms with Crippen LogP contribution in [0.3, 0.4) is 0 Å². The summed E-state index contributed by atoms with van der Waals surface area (Å²) in [6.07, 6.45) is 0.978. The van der Waals surface area contributed by atoms with Crippen LogP contribution >= 0.6 is 34.4 Å². The summed E-state index contributed by atoms with van der Waals surface area (Å²) >= 11 is 3.95. The van der Waals surface area contributed by atoms with E-state index in [0.29, 0.717) is 0 Å². The van der Waals surface area contributed by atoms with Crippen molar-refractivity contribution in [2.24, 2.45) is 0 Å². The van der Waals surface area contributed by atoms with E-state index in [1.54, 1.807) is 36.0 Å². The Morgan fingerprint density at radius 1 is 1.21 bits per heavy atom. The molecule has 0 unspecified atom stereocenters. The molecular weight excluding hydrogens is 373 g/mol. The van der Waals surface area contributed by atoms with Gasteiger partial charge < -0.3 is 0 Å². The third kappa shape index (κ3) is 3.70. The molecule has 0 fully saturated rings. The topological polar surface area (TPSA) is 43.1 Å². The fourth-order valence-corrected chi connectivity index (χ4v) is 3.24. The molecule has 0 aliphatic rings. The molecule has 0 saturated carbocycles. The maximum Gasteiger partial charge on any atom is 0.269 e. The van der Waals surface area contributed by atoms with Gasteiger partial charge >= 0.3 is 0 Å². The van der Waals surface area contributed by atoms with Crippen LogP contribution in [0.1, 0.15) is 12.5 Å². The van der Waals surface area contributed by atoms with Crippen LogP contribution in [0.5, 0.6) is 0 Å². The Hall–Kier alpha value is -1.08. The van der Waals surface area contributed by atoms with Gasteiger partial charge in [0.1, 0.15) is 0 Å². The van der Waals surface area contributed by atoms with Crippen LogP contribution in [0.25, 0.3) is 0 Å². The molecule has 19 heavy (non-hydrogen) atoms. The number of hydrogen-bond donors (Lipinski definition) is 0. The summed E-state index contributed by atoms with van der Waals surface area (Å²) < 4.78 is 1.22. The Kier molecular flexibility index (Phi) is 4.81. The first-order valence-corrected chi connectivity index (χ1v) is 7.70. The van der Waals surface area contributed by atoms with Crippen molar-refractivity contribution in [3.63, 3.8) is 0 Å². The van der Waals surface area contributed by atoms with Gasteiger partial charge in [-0.1, -0.05) is 18.7 Å². The molecule has 0 aromatic heterocycles. The van der Waals surface area contributed by atoms with Gasteiger partial charge in [0, 0.05) is 25.5 Å². The molecule has 0 N–H and O–H groups in total. The molecule has 0 aliphatic carbocycles. The normalized spacial score (nSPS) is 10.4. The van der Waals surface area contributed by atoms with Crippen LogP contribution in [0.15, 0.2) is 52.3 Å². The zero-order valence-corrected chi connectivity index (χ0v) is 13.3. The van der Waals surface area contributed by atoms with Gasteiger partial charge in [-0.25, -0.2) is 0 Å². The SMILES string of the molecule is CCc1cc(I)ccc1Sc1ccc([N+](=O)[O-])cc1. The van der Waals surface area contributed by atoms with Crippen LogP contribution in [0, 0.1) is 13.7 Å². The van der Waals surface area contributed by atoms with Crippen molar-refractivity contribution in [1.29, 1.82) is 0 Å². The van der Waals surface area contributed by atoms with Crippen molar-refractivity contribution in [3.8, 4) is 0 Å². The van der Waals surface area contributed by atoms with Crippen LogP contribution in [-0.2, 0) is 6.42 Å². The Bertz CT molecular complexity index is 599. The largest absolute Gasteiger partial charge is 0.269 e. The standard InChI is InChI=1S/C14H12INO2S/c1-2-10-9-11(15)3-8-14(10)19-13-6-4-12(5-7-13)16(17)18/h3-9H,2H2,1H3. The molecule has 2 aromatic carbocycles. The minimum absolute atomic E-state index is 0.127. The summed E-state index contributed by atoms with van der Waals surface area (Å²) in [5.41, 5.74) is 1.43.